The molecule has 1 aromatic heterocycles. The van der Waals surface area contributed by atoms with Crippen molar-refractivity contribution < 1.29 is 24.2 Å². The van der Waals surface area contributed by atoms with E-state index in [9.17, 15) is 14.7 Å². The van der Waals surface area contributed by atoms with Crippen molar-refractivity contribution in [3.8, 4) is 11.5 Å². The molecule has 1 atom stereocenters. The largest absolute Gasteiger partial charge is 0.507 e. The van der Waals surface area contributed by atoms with Gasteiger partial charge in [0.25, 0.3) is 11.7 Å². The molecule has 1 amide bonds. The van der Waals surface area contributed by atoms with Crippen LogP contribution in [0.3, 0.4) is 0 Å². The zero-order valence-electron chi connectivity index (χ0n) is 16.8. The van der Waals surface area contributed by atoms with Gasteiger partial charge < -0.3 is 24.4 Å². The fraction of sp³-hybridized carbons (Fsp3) is 0.333. The highest BCUT2D eigenvalue weighted by molar-refractivity contribution is 7.10. The normalized spacial score (nSPS) is 18.5. The van der Waals surface area contributed by atoms with Gasteiger partial charge in [0.2, 0.25) is 0 Å². The molecular weight excluding hydrogens is 392 g/mol. The number of likely N-dealkylation sites (N-methyl/N-ethyl adjacent to an activating group) is 1. The first-order chi connectivity index (χ1) is 13.9. The zero-order chi connectivity index (χ0) is 21.1. The molecule has 0 saturated carbocycles. The molecule has 0 spiro atoms. The third kappa shape index (κ3) is 3.99. The molecule has 1 aliphatic heterocycles. The number of thiophene rings is 1. The van der Waals surface area contributed by atoms with Crippen LogP contribution in [0.2, 0.25) is 0 Å². The monoisotopic (exact) mass is 416 g/mol. The zero-order valence-corrected chi connectivity index (χ0v) is 17.7. The van der Waals surface area contributed by atoms with Crippen molar-refractivity contribution in [1.29, 1.82) is 0 Å². The van der Waals surface area contributed by atoms with Gasteiger partial charge in [0, 0.05) is 18.0 Å². The highest BCUT2D eigenvalue weighted by Crippen LogP contribution is 2.42. The Morgan fingerprint density at radius 1 is 1.21 bits per heavy atom. The minimum absolute atomic E-state index is 0.0581. The number of nitrogens with zero attached hydrogens (tertiary/aromatic N) is 2. The average molecular weight is 416 g/mol. The summed E-state index contributed by atoms with van der Waals surface area (Å²) in [4.78, 5) is 30.0. The number of carbonyl (C=O) groups is 2. The van der Waals surface area contributed by atoms with Crippen molar-refractivity contribution in [3.63, 3.8) is 0 Å². The lowest BCUT2D eigenvalue weighted by atomic mass is 9.99. The van der Waals surface area contributed by atoms with Crippen LogP contribution in [0, 0.1) is 0 Å². The average Bonchev–Trinajstić information content (AvgIpc) is 3.32. The predicted octanol–water partition coefficient (Wildman–Crippen LogP) is 2.75. The number of hydrogen-bond acceptors (Lipinski definition) is 7. The number of carbonyl (C=O) groups excluding carboxylic acids is 2. The molecule has 1 aromatic carbocycles. The summed E-state index contributed by atoms with van der Waals surface area (Å²) >= 11 is 1.44. The second kappa shape index (κ2) is 8.67. The summed E-state index contributed by atoms with van der Waals surface area (Å²) in [6.07, 6.45) is 0. The van der Waals surface area contributed by atoms with Crippen LogP contribution in [0.25, 0.3) is 5.76 Å². The van der Waals surface area contributed by atoms with E-state index in [2.05, 4.69) is 0 Å². The van der Waals surface area contributed by atoms with Gasteiger partial charge in [0.1, 0.15) is 17.3 Å². The minimum Gasteiger partial charge on any atom is -0.507 e. The molecule has 1 aliphatic rings. The van der Waals surface area contributed by atoms with Gasteiger partial charge in [-0.3, -0.25) is 9.59 Å². The Balaban J connectivity index is 2.17. The van der Waals surface area contributed by atoms with Gasteiger partial charge in [-0.05, 0) is 43.7 Å². The maximum atomic E-state index is 12.9. The molecule has 154 valence electrons. The number of aliphatic hydroxyl groups is 1. The van der Waals surface area contributed by atoms with Crippen LogP contribution in [0.4, 0.5) is 0 Å². The fourth-order valence-electron chi connectivity index (χ4n) is 3.31. The van der Waals surface area contributed by atoms with E-state index in [-0.39, 0.29) is 11.3 Å². The molecule has 0 aliphatic carbocycles. The van der Waals surface area contributed by atoms with Crippen molar-refractivity contribution in [2.24, 2.45) is 0 Å². The maximum Gasteiger partial charge on any atom is 0.295 e. The van der Waals surface area contributed by atoms with Crippen molar-refractivity contribution >= 4 is 28.8 Å². The Morgan fingerprint density at radius 3 is 2.55 bits per heavy atom. The predicted molar refractivity (Wildman–Crippen MR) is 111 cm³/mol. The van der Waals surface area contributed by atoms with E-state index in [1.54, 1.807) is 18.2 Å². The summed E-state index contributed by atoms with van der Waals surface area (Å²) in [5.41, 5.74) is 0.363. The number of ketones is 1. The van der Waals surface area contributed by atoms with Crippen molar-refractivity contribution in [3.05, 3.63) is 51.7 Å². The lowest BCUT2D eigenvalue weighted by Gasteiger charge is -2.25. The van der Waals surface area contributed by atoms with E-state index in [0.717, 1.165) is 4.88 Å². The van der Waals surface area contributed by atoms with Gasteiger partial charge in [-0.2, -0.15) is 0 Å². The minimum atomic E-state index is -0.704. The molecule has 29 heavy (non-hydrogen) atoms. The molecule has 1 saturated heterocycles. The van der Waals surface area contributed by atoms with E-state index in [4.69, 9.17) is 9.47 Å². The molecule has 2 heterocycles. The number of hydrogen-bond donors (Lipinski definition) is 1. The van der Waals surface area contributed by atoms with Crippen LogP contribution in [0.5, 0.6) is 11.5 Å². The van der Waals surface area contributed by atoms with Crippen LogP contribution >= 0.6 is 11.3 Å². The number of amides is 1. The Bertz CT molecular complexity index is 937. The lowest BCUT2D eigenvalue weighted by molar-refractivity contribution is -0.140. The van der Waals surface area contributed by atoms with Gasteiger partial charge in [-0.25, -0.2) is 0 Å². The summed E-state index contributed by atoms with van der Waals surface area (Å²) in [5, 5.41) is 13.0. The summed E-state index contributed by atoms with van der Waals surface area (Å²) < 4.78 is 10.6. The van der Waals surface area contributed by atoms with Gasteiger partial charge in [-0.15, -0.1) is 11.3 Å². The molecule has 1 fully saturated rings. The van der Waals surface area contributed by atoms with Crippen LogP contribution in [0.1, 0.15) is 16.5 Å². The van der Waals surface area contributed by atoms with Crippen LogP contribution in [-0.2, 0) is 9.59 Å². The van der Waals surface area contributed by atoms with Gasteiger partial charge in [-0.1, -0.05) is 6.07 Å². The van der Waals surface area contributed by atoms with Gasteiger partial charge in [0.15, 0.2) is 0 Å². The van der Waals surface area contributed by atoms with Crippen molar-refractivity contribution in [2.45, 2.75) is 6.04 Å². The van der Waals surface area contributed by atoms with Crippen molar-refractivity contribution in [2.75, 3.05) is 41.4 Å². The Labute approximate surface area is 173 Å². The summed E-state index contributed by atoms with van der Waals surface area (Å²) in [5.74, 6) is -0.711. The molecule has 7 nitrogen and oxygen atoms in total. The quantitative estimate of drug-likeness (QED) is 0.425. The number of methoxy groups -OCH3 is 2. The van der Waals surface area contributed by atoms with Crippen molar-refractivity contribution in [1.82, 2.24) is 9.80 Å². The van der Waals surface area contributed by atoms with Crippen LogP contribution in [-0.4, -0.2) is 68.0 Å². The Kier molecular flexibility index (Phi) is 6.24. The highest BCUT2D eigenvalue weighted by atomic mass is 32.1. The molecular formula is C21H24N2O5S. The Morgan fingerprint density at radius 2 is 1.97 bits per heavy atom. The number of ether oxygens (including phenoxy) is 2. The Hall–Kier alpha value is -2.84. The third-order valence-electron chi connectivity index (χ3n) is 4.80. The highest BCUT2D eigenvalue weighted by Gasteiger charge is 2.46. The lowest BCUT2D eigenvalue weighted by Crippen LogP contribution is -2.35. The SMILES string of the molecule is COc1ccc(OC)c(/C(O)=C2/C(=O)C(=O)N(CCN(C)C)C2c2cccs2)c1. The molecule has 8 heteroatoms. The van der Waals surface area contributed by atoms with Crippen LogP contribution in [0.15, 0.2) is 41.3 Å². The maximum absolute atomic E-state index is 12.9. The standard InChI is InChI=1S/C21H24N2O5S/c1-22(2)9-10-23-18(16-6-5-11-29-16)17(20(25)21(23)26)19(24)14-12-13(27-3)7-8-15(14)28-4/h5-8,11-12,18,24H,9-10H2,1-4H3/b19-17-. The number of aliphatic hydroxyl groups excluding tert-OH is 1. The number of Topliss-reactive ketones (excluding diaryl/α,β-unsaturated/α-hetero) is 1. The smallest absolute Gasteiger partial charge is 0.295 e. The number of benzene rings is 1. The van der Waals surface area contributed by atoms with E-state index in [0.29, 0.717) is 30.2 Å². The molecule has 2 aromatic rings. The van der Waals surface area contributed by atoms with Gasteiger partial charge >= 0.3 is 0 Å². The third-order valence-corrected chi connectivity index (χ3v) is 5.73. The molecule has 1 unspecified atom stereocenters. The first-order valence-electron chi connectivity index (χ1n) is 9.08. The fourth-order valence-corrected chi connectivity index (χ4v) is 4.15. The topological polar surface area (TPSA) is 79.3 Å². The first kappa shape index (κ1) is 20.9. The second-order valence-electron chi connectivity index (χ2n) is 6.88. The molecule has 0 radical (unpaired) electrons. The van der Waals surface area contributed by atoms with Gasteiger partial charge in [0.05, 0.1) is 31.4 Å². The summed E-state index contributed by atoms with van der Waals surface area (Å²) in [6.45, 7) is 0.962. The molecule has 1 N–H and O–H groups in total. The number of rotatable bonds is 7. The van der Waals surface area contributed by atoms with E-state index >= 15 is 0 Å². The van der Waals surface area contributed by atoms with Crippen LogP contribution < -0.4 is 9.47 Å². The van der Waals surface area contributed by atoms with E-state index < -0.39 is 17.7 Å². The van der Waals surface area contributed by atoms with E-state index in [1.807, 2.05) is 36.5 Å². The van der Waals surface area contributed by atoms with E-state index in [1.165, 1.54) is 30.5 Å². The second-order valence-corrected chi connectivity index (χ2v) is 7.86. The molecule has 0 bridgehead atoms. The first-order valence-corrected chi connectivity index (χ1v) is 9.96. The number of likely N-dealkylation sites (tertiary alicyclic amines) is 1. The molecule has 3 rings (SSSR count). The summed E-state index contributed by atoms with van der Waals surface area (Å²) in [6, 6.07) is 8.01. The summed E-state index contributed by atoms with van der Waals surface area (Å²) in [7, 11) is 6.79.